The number of carbonyl (C=O) groups is 1. The van der Waals surface area contributed by atoms with Crippen molar-refractivity contribution < 1.29 is 18.0 Å². The van der Waals surface area contributed by atoms with Crippen LogP contribution in [0.25, 0.3) is 22.3 Å². The second-order valence-corrected chi connectivity index (χ2v) is 7.19. The second kappa shape index (κ2) is 7.76. The largest absolute Gasteiger partial charge is 0.445 e. The maximum atomic E-state index is 13.0. The van der Waals surface area contributed by atoms with Gasteiger partial charge in [0.1, 0.15) is 0 Å². The molecule has 1 amide bonds. The van der Waals surface area contributed by atoms with Gasteiger partial charge in [0.05, 0.1) is 11.4 Å². The van der Waals surface area contributed by atoms with Crippen LogP contribution in [-0.4, -0.2) is 39.0 Å². The normalized spacial score (nSPS) is 12.0. The quantitative estimate of drug-likeness (QED) is 0.435. The molecule has 10 heteroatoms. The molecule has 0 aliphatic heterocycles. The summed E-state index contributed by atoms with van der Waals surface area (Å²) in [6.07, 6.45) is -0.338. The Bertz CT molecular complexity index is 1050. The summed E-state index contributed by atoms with van der Waals surface area (Å²) >= 11 is 6.33. The SMILES string of the molecule is C=CCN(C)C(=O)/C=C/c1c(-c2ccc(Cl)cc2)nc2sc(C(F)(F)F)nn12. The van der Waals surface area contributed by atoms with E-state index in [0.717, 1.165) is 4.52 Å². The number of halogens is 4. The first-order valence-corrected chi connectivity index (χ1v) is 9.17. The first-order valence-electron chi connectivity index (χ1n) is 7.97. The van der Waals surface area contributed by atoms with Crippen molar-refractivity contribution in [1.29, 1.82) is 0 Å². The molecule has 5 nitrogen and oxygen atoms in total. The summed E-state index contributed by atoms with van der Waals surface area (Å²) in [5.74, 6) is -0.330. The molecule has 0 aliphatic rings. The summed E-state index contributed by atoms with van der Waals surface area (Å²) < 4.78 is 40.1. The van der Waals surface area contributed by atoms with Crippen LogP contribution in [0.1, 0.15) is 10.7 Å². The van der Waals surface area contributed by atoms with Gasteiger partial charge in [0, 0.05) is 30.3 Å². The van der Waals surface area contributed by atoms with Crippen LogP contribution in [0.2, 0.25) is 5.02 Å². The van der Waals surface area contributed by atoms with Crippen LogP contribution in [0.3, 0.4) is 0 Å². The fraction of sp³-hybridized carbons (Fsp3) is 0.167. The summed E-state index contributed by atoms with van der Waals surface area (Å²) in [5, 5.41) is 3.14. The number of benzene rings is 1. The fourth-order valence-electron chi connectivity index (χ4n) is 2.41. The summed E-state index contributed by atoms with van der Waals surface area (Å²) in [6, 6.07) is 6.69. The molecule has 2 heterocycles. The number of likely N-dealkylation sites (N-methyl/N-ethyl adjacent to an activating group) is 1. The highest BCUT2D eigenvalue weighted by Gasteiger charge is 2.36. The number of alkyl halides is 3. The first-order chi connectivity index (χ1) is 13.2. The van der Waals surface area contributed by atoms with Crippen molar-refractivity contribution in [3.05, 3.63) is 58.7 Å². The number of imidazole rings is 1. The Morgan fingerprint density at radius 1 is 1.36 bits per heavy atom. The van der Waals surface area contributed by atoms with Crippen molar-refractivity contribution in [2.24, 2.45) is 0 Å². The first kappa shape index (κ1) is 20.1. The predicted octanol–water partition coefficient (Wildman–Crippen LogP) is 4.79. The highest BCUT2D eigenvalue weighted by Crippen LogP contribution is 2.35. The van der Waals surface area contributed by atoms with Gasteiger partial charge in [0.2, 0.25) is 15.9 Å². The fourth-order valence-corrected chi connectivity index (χ4v) is 3.31. The van der Waals surface area contributed by atoms with E-state index in [2.05, 4.69) is 16.7 Å². The van der Waals surface area contributed by atoms with E-state index in [0.29, 0.717) is 34.2 Å². The smallest absolute Gasteiger partial charge is 0.339 e. The standard InChI is InChI=1S/C18H14ClF3N4OS/c1-3-10-25(2)14(27)9-8-13-15(11-4-6-12(19)7-5-11)23-17-26(13)24-16(28-17)18(20,21)22/h3-9H,1,10H2,2H3/b9-8+. The number of aromatic nitrogens is 3. The van der Waals surface area contributed by atoms with E-state index in [1.54, 1.807) is 37.4 Å². The van der Waals surface area contributed by atoms with E-state index in [1.165, 1.54) is 17.1 Å². The Morgan fingerprint density at radius 3 is 2.64 bits per heavy atom. The van der Waals surface area contributed by atoms with Gasteiger partial charge in [-0.3, -0.25) is 4.79 Å². The summed E-state index contributed by atoms with van der Waals surface area (Å²) in [7, 11) is 1.59. The lowest BCUT2D eigenvalue weighted by Crippen LogP contribution is -2.24. The van der Waals surface area contributed by atoms with Gasteiger partial charge in [-0.1, -0.05) is 41.1 Å². The zero-order valence-corrected chi connectivity index (χ0v) is 16.1. The summed E-state index contributed by atoms with van der Waals surface area (Å²) in [4.78, 5) is 17.9. The average molecular weight is 427 g/mol. The number of hydrogen-bond donors (Lipinski definition) is 0. The van der Waals surface area contributed by atoms with E-state index in [9.17, 15) is 18.0 Å². The number of amides is 1. The van der Waals surface area contributed by atoms with Crippen LogP contribution in [0, 0.1) is 0 Å². The second-order valence-electron chi connectivity index (χ2n) is 5.79. The highest BCUT2D eigenvalue weighted by atomic mass is 35.5. The van der Waals surface area contributed by atoms with Gasteiger partial charge in [0.15, 0.2) is 0 Å². The molecule has 0 atom stereocenters. The molecule has 0 spiro atoms. The Morgan fingerprint density at radius 2 is 2.04 bits per heavy atom. The topological polar surface area (TPSA) is 50.5 Å². The van der Waals surface area contributed by atoms with Gasteiger partial charge < -0.3 is 4.90 Å². The van der Waals surface area contributed by atoms with Gasteiger partial charge in [-0.2, -0.15) is 13.2 Å². The number of nitrogens with zero attached hydrogens (tertiary/aromatic N) is 4. The number of hydrogen-bond acceptors (Lipinski definition) is 4. The molecule has 28 heavy (non-hydrogen) atoms. The van der Waals surface area contributed by atoms with Crippen molar-refractivity contribution in [2.45, 2.75) is 6.18 Å². The highest BCUT2D eigenvalue weighted by molar-refractivity contribution is 7.16. The molecule has 2 aromatic heterocycles. The van der Waals surface area contributed by atoms with E-state index >= 15 is 0 Å². The van der Waals surface area contributed by atoms with Crippen LogP contribution in [0.5, 0.6) is 0 Å². The lowest BCUT2D eigenvalue weighted by Gasteiger charge is -2.11. The van der Waals surface area contributed by atoms with Crippen molar-refractivity contribution in [3.63, 3.8) is 0 Å². The van der Waals surface area contributed by atoms with Crippen LogP contribution < -0.4 is 0 Å². The molecule has 0 saturated carbocycles. The maximum Gasteiger partial charge on any atom is 0.445 e. The molecule has 3 rings (SSSR count). The molecule has 0 aliphatic carbocycles. The molecular weight excluding hydrogens is 413 g/mol. The molecule has 3 aromatic rings. The molecule has 0 bridgehead atoms. The molecule has 146 valence electrons. The molecule has 0 fully saturated rings. The summed E-state index contributed by atoms with van der Waals surface area (Å²) in [6.45, 7) is 3.90. The van der Waals surface area contributed by atoms with Crippen LogP contribution in [0.4, 0.5) is 13.2 Å². The third-order valence-electron chi connectivity index (χ3n) is 3.76. The zero-order chi connectivity index (χ0) is 20.5. The van der Waals surface area contributed by atoms with Crippen molar-refractivity contribution >= 4 is 39.9 Å². The lowest BCUT2D eigenvalue weighted by molar-refractivity contribution is -0.138. The van der Waals surface area contributed by atoms with Crippen LogP contribution >= 0.6 is 22.9 Å². The Labute approximate surface area is 167 Å². The summed E-state index contributed by atoms with van der Waals surface area (Å²) in [5.41, 5.74) is 1.31. The number of rotatable bonds is 5. The van der Waals surface area contributed by atoms with Gasteiger partial charge in [0.25, 0.3) is 0 Å². The van der Waals surface area contributed by atoms with Gasteiger partial charge in [-0.25, -0.2) is 9.50 Å². The Hall–Kier alpha value is -2.65. The van der Waals surface area contributed by atoms with Crippen molar-refractivity contribution in [1.82, 2.24) is 19.5 Å². The minimum absolute atomic E-state index is 0.0730. The van der Waals surface area contributed by atoms with Crippen LogP contribution in [0.15, 0.2) is 43.0 Å². The number of carbonyl (C=O) groups excluding carboxylic acids is 1. The third kappa shape index (κ3) is 4.10. The number of fused-ring (bicyclic) bond motifs is 1. The minimum Gasteiger partial charge on any atom is -0.339 e. The van der Waals surface area contributed by atoms with E-state index in [1.807, 2.05) is 0 Å². The molecule has 1 aromatic carbocycles. The Balaban J connectivity index is 2.10. The van der Waals surface area contributed by atoms with E-state index < -0.39 is 11.2 Å². The van der Waals surface area contributed by atoms with E-state index in [4.69, 9.17) is 11.6 Å². The molecule has 0 saturated heterocycles. The van der Waals surface area contributed by atoms with Crippen LogP contribution in [-0.2, 0) is 11.0 Å². The average Bonchev–Trinajstić information content (AvgIpc) is 3.19. The predicted molar refractivity (Wildman–Crippen MR) is 103 cm³/mol. The van der Waals surface area contributed by atoms with Gasteiger partial charge in [-0.05, 0) is 18.2 Å². The molecular formula is C18H14ClF3N4OS. The molecule has 0 unspecified atom stereocenters. The third-order valence-corrected chi connectivity index (χ3v) is 4.97. The van der Waals surface area contributed by atoms with Gasteiger partial charge >= 0.3 is 6.18 Å². The lowest BCUT2D eigenvalue weighted by atomic mass is 10.1. The van der Waals surface area contributed by atoms with Crippen molar-refractivity contribution in [3.8, 4) is 11.3 Å². The molecule has 0 N–H and O–H groups in total. The monoisotopic (exact) mass is 426 g/mol. The van der Waals surface area contributed by atoms with E-state index in [-0.39, 0.29) is 16.6 Å². The van der Waals surface area contributed by atoms with Crippen molar-refractivity contribution in [2.75, 3.05) is 13.6 Å². The minimum atomic E-state index is -4.58. The zero-order valence-electron chi connectivity index (χ0n) is 14.6. The van der Waals surface area contributed by atoms with Gasteiger partial charge in [-0.15, -0.1) is 11.7 Å². The Kier molecular flexibility index (Phi) is 5.57. The molecule has 0 radical (unpaired) electrons. The maximum absolute atomic E-state index is 13.0.